The molecule has 1 nitrogen and oxygen atoms in total. The maximum atomic E-state index is 10.5. The van der Waals surface area contributed by atoms with E-state index in [4.69, 9.17) is 11.6 Å². The first-order valence-corrected chi connectivity index (χ1v) is 5.26. The lowest BCUT2D eigenvalue weighted by Gasteiger charge is -1.87. The summed E-state index contributed by atoms with van der Waals surface area (Å²) in [5.74, 6) is 0. The van der Waals surface area contributed by atoms with E-state index in [0.29, 0.717) is 0 Å². The Hall–Kier alpha value is -0.120. The fourth-order valence-corrected chi connectivity index (χ4v) is 2.65. The van der Waals surface area contributed by atoms with Crippen LogP contribution in [-0.2, 0) is 0 Å². The van der Waals surface area contributed by atoms with Crippen LogP contribution < -0.4 is 0 Å². The van der Waals surface area contributed by atoms with Crippen molar-refractivity contribution >= 4 is 51.2 Å². The maximum absolute atomic E-state index is 10.5. The zero-order valence-corrected chi connectivity index (χ0v) is 9.46. The Balaban J connectivity index is 3.24. The van der Waals surface area contributed by atoms with Gasteiger partial charge in [0.15, 0.2) is 6.29 Å². The molecule has 0 atom stereocenters. The van der Waals surface area contributed by atoms with E-state index in [1.807, 2.05) is 6.92 Å². The van der Waals surface area contributed by atoms with Gasteiger partial charge in [-0.1, -0.05) is 11.6 Å². The molecule has 0 saturated heterocycles. The molecule has 1 aromatic heterocycles. The van der Waals surface area contributed by atoms with Crippen LogP contribution in [0.15, 0.2) is 10.0 Å². The van der Waals surface area contributed by atoms with Crippen molar-refractivity contribution in [1.82, 2.24) is 0 Å². The third kappa shape index (κ3) is 1.79. The first-order valence-electron chi connectivity index (χ1n) is 3.21. The summed E-state index contributed by atoms with van der Waals surface area (Å²) in [5.41, 5.74) is 2.41. The van der Waals surface area contributed by atoms with Crippen LogP contribution in [0.2, 0.25) is 0 Å². The van der Waals surface area contributed by atoms with E-state index in [2.05, 4.69) is 15.9 Å². The van der Waals surface area contributed by atoms with Gasteiger partial charge in [-0.15, -0.1) is 11.3 Å². The SMILES string of the molecule is Cc1c(C=O)sc(C=CCl)c1Br. The molecule has 0 N–H and O–H groups in total. The molecule has 1 aromatic rings. The molecule has 0 aliphatic heterocycles. The number of halogens is 2. The Kier molecular flexibility index (Phi) is 3.50. The molecule has 0 bridgehead atoms. The van der Waals surface area contributed by atoms with Crippen molar-refractivity contribution in [2.75, 3.05) is 0 Å². The molecular formula is C8H6BrClOS. The van der Waals surface area contributed by atoms with Gasteiger partial charge >= 0.3 is 0 Å². The first-order chi connectivity index (χ1) is 5.70. The molecule has 0 amide bonds. The highest BCUT2D eigenvalue weighted by molar-refractivity contribution is 9.10. The normalized spacial score (nSPS) is 10.9. The Morgan fingerprint density at radius 1 is 1.50 bits per heavy atom. The molecule has 0 spiro atoms. The highest BCUT2D eigenvalue weighted by Crippen LogP contribution is 2.32. The predicted molar refractivity (Wildman–Crippen MR) is 57.0 cm³/mol. The number of rotatable bonds is 2. The quantitative estimate of drug-likeness (QED) is 0.743. The molecular weight excluding hydrogens is 260 g/mol. The summed E-state index contributed by atoms with van der Waals surface area (Å²) in [6.45, 7) is 1.90. The van der Waals surface area contributed by atoms with Crippen LogP contribution in [0.3, 0.4) is 0 Å². The Morgan fingerprint density at radius 3 is 2.58 bits per heavy atom. The van der Waals surface area contributed by atoms with Crippen molar-refractivity contribution in [2.24, 2.45) is 0 Å². The van der Waals surface area contributed by atoms with Gasteiger partial charge in [0.2, 0.25) is 0 Å². The van der Waals surface area contributed by atoms with Crippen LogP contribution >= 0.6 is 38.9 Å². The Morgan fingerprint density at radius 2 is 2.17 bits per heavy atom. The zero-order valence-electron chi connectivity index (χ0n) is 6.30. The van der Waals surface area contributed by atoms with Gasteiger partial charge in [0.1, 0.15) is 0 Å². The summed E-state index contributed by atoms with van der Waals surface area (Å²) >= 11 is 10.2. The topological polar surface area (TPSA) is 17.1 Å². The van der Waals surface area contributed by atoms with E-state index >= 15 is 0 Å². The lowest BCUT2D eigenvalue weighted by Crippen LogP contribution is -1.74. The second-order valence-corrected chi connectivity index (χ2v) is 4.31. The first kappa shape index (κ1) is 9.96. The summed E-state index contributed by atoms with van der Waals surface area (Å²) in [6, 6.07) is 0. The van der Waals surface area contributed by atoms with Crippen molar-refractivity contribution in [2.45, 2.75) is 6.92 Å². The third-order valence-corrected chi connectivity index (χ3v) is 4.05. The standard InChI is InChI=1S/C8H6BrClOS/c1-5-7(4-11)12-6(2-3-10)8(5)9/h2-4H,1H3. The molecule has 4 heteroatoms. The smallest absolute Gasteiger partial charge is 0.160 e. The van der Waals surface area contributed by atoms with Gasteiger partial charge in [0.25, 0.3) is 0 Å². The van der Waals surface area contributed by atoms with Crippen molar-refractivity contribution in [3.63, 3.8) is 0 Å². The number of thiophene rings is 1. The van der Waals surface area contributed by atoms with Gasteiger partial charge in [0.05, 0.1) is 4.88 Å². The van der Waals surface area contributed by atoms with E-state index in [-0.39, 0.29) is 0 Å². The van der Waals surface area contributed by atoms with E-state index in [0.717, 1.165) is 26.1 Å². The van der Waals surface area contributed by atoms with E-state index < -0.39 is 0 Å². The predicted octanol–water partition coefficient (Wildman–Crippen LogP) is 3.84. The molecule has 12 heavy (non-hydrogen) atoms. The Labute approximate surface area is 88.2 Å². The fraction of sp³-hybridized carbons (Fsp3) is 0.125. The average Bonchev–Trinajstić information content (AvgIpc) is 2.33. The van der Waals surface area contributed by atoms with Crippen molar-refractivity contribution < 1.29 is 4.79 Å². The molecule has 0 unspecified atom stereocenters. The molecule has 0 aliphatic carbocycles. The molecule has 0 aromatic carbocycles. The molecule has 0 fully saturated rings. The largest absolute Gasteiger partial charge is 0.297 e. The molecule has 64 valence electrons. The second-order valence-electron chi connectivity index (χ2n) is 2.18. The Bertz CT molecular complexity index is 330. The van der Waals surface area contributed by atoms with E-state index in [1.54, 1.807) is 6.08 Å². The van der Waals surface area contributed by atoms with Gasteiger partial charge in [-0.05, 0) is 34.5 Å². The summed E-state index contributed by atoms with van der Waals surface area (Å²) in [7, 11) is 0. The molecule has 1 rings (SSSR count). The minimum atomic E-state index is 0.742. The number of carbonyl (C=O) groups excluding carboxylic acids is 1. The number of hydrogen-bond acceptors (Lipinski definition) is 2. The van der Waals surface area contributed by atoms with E-state index in [1.165, 1.54) is 16.9 Å². The lowest BCUT2D eigenvalue weighted by molar-refractivity contribution is 0.112. The monoisotopic (exact) mass is 264 g/mol. The van der Waals surface area contributed by atoms with Crippen molar-refractivity contribution in [3.05, 3.63) is 25.3 Å². The summed E-state index contributed by atoms with van der Waals surface area (Å²) in [4.78, 5) is 12.2. The molecule has 1 heterocycles. The van der Waals surface area contributed by atoms with Gasteiger partial charge in [-0.3, -0.25) is 4.79 Å². The van der Waals surface area contributed by atoms with Crippen molar-refractivity contribution in [3.8, 4) is 0 Å². The summed E-state index contributed by atoms with van der Waals surface area (Å²) in [6.07, 6.45) is 2.62. The van der Waals surface area contributed by atoms with Crippen LogP contribution in [0.25, 0.3) is 6.08 Å². The van der Waals surface area contributed by atoms with E-state index in [9.17, 15) is 4.79 Å². The van der Waals surface area contributed by atoms with Gasteiger partial charge < -0.3 is 0 Å². The van der Waals surface area contributed by atoms with Gasteiger partial charge in [-0.25, -0.2) is 0 Å². The zero-order chi connectivity index (χ0) is 9.14. The highest BCUT2D eigenvalue weighted by atomic mass is 79.9. The number of aldehydes is 1. The highest BCUT2D eigenvalue weighted by Gasteiger charge is 2.09. The third-order valence-electron chi connectivity index (χ3n) is 1.46. The summed E-state index contributed by atoms with van der Waals surface area (Å²) in [5, 5.41) is 0. The molecule has 0 saturated carbocycles. The van der Waals surface area contributed by atoms with Crippen LogP contribution in [0.5, 0.6) is 0 Å². The summed E-state index contributed by atoms with van der Waals surface area (Å²) < 4.78 is 0.950. The van der Waals surface area contributed by atoms with Gasteiger partial charge in [-0.2, -0.15) is 0 Å². The van der Waals surface area contributed by atoms with Crippen LogP contribution in [0.4, 0.5) is 0 Å². The van der Waals surface area contributed by atoms with Crippen LogP contribution in [0.1, 0.15) is 20.1 Å². The van der Waals surface area contributed by atoms with Crippen molar-refractivity contribution in [1.29, 1.82) is 0 Å². The average molecular weight is 266 g/mol. The lowest BCUT2D eigenvalue weighted by atomic mass is 10.3. The van der Waals surface area contributed by atoms with Gasteiger partial charge in [0, 0.05) is 14.9 Å². The second kappa shape index (κ2) is 4.21. The minimum Gasteiger partial charge on any atom is -0.297 e. The number of hydrogen-bond donors (Lipinski definition) is 0. The minimum absolute atomic E-state index is 0.742. The van der Waals surface area contributed by atoms with Crippen LogP contribution in [0, 0.1) is 6.92 Å². The molecule has 0 radical (unpaired) electrons. The maximum Gasteiger partial charge on any atom is 0.160 e. The molecule has 0 aliphatic rings. The number of carbonyl (C=O) groups is 1. The fourth-order valence-electron chi connectivity index (χ4n) is 0.810. The van der Waals surface area contributed by atoms with Crippen LogP contribution in [-0.4, -0.2) is 6.29 Å².